The van der Waals surface area contributed by atoms with Gasteiger partial charge in [0.15, 0.2) is 0 Å². The molecule has 3 rings (SSSR count). The van der Waals surface area contributed by atoms with Gasteiger partial charge in [-0.2, -0.15) is 5.10 Å². The topological polar surface area (TPSA) is 61.9 Å². The highest BCUT2D eigenvalue weighted by molar-refractivity contribution is 6.07. The zero-order valence-electron chi connectivity index (χ0n) is 11.8. The van der Waals surface area contributed by atoms with Crippen LogP contribution in [-0.2, 0) is 6.54 Å². The highest BCUT2D eigenvalue weighted by atomic mass is 16.3. The molecule has 0 saturated carbocycles. The summed E-state index contributed by atoms with van der Waals surface area (Å²) in [6, 6.07) is 15.3. The summed E-state index contributed by atoms with van der Waals surface area (Å²) in [4.78, 5) is 0. The van der Waals surface area contributed by atoms with E-state index in [1.165, 1.54) is 0 Å². The first-order valence-corrected chi connectivity index (χ1v) is 6.90. The fraction of sp³-hybridized carbons (Fsp3) is 0.176. The molecule has 0 amide bonds. The molecule has 0 aliphatic carbocycles. The molecule has 1 atom stereocenters. The van der Waals surface area contributed by atoms with Gasteiger partial charge < -0.3 is 10.5 Å². The number of rotatable bonds is 4. The molecule has 4 heteroatoms. The standard InChI is InChI=1S/C17H17N3O/c1-12(18)14-8-5-9-16-15(14)10-20(19-16)11-17(21)13-6-3-2-4-7-13/h2-10,17-18,21H,11H2,1H3. The second-order valence-electron chi connectivity index (χ2n) is 5.14. The third-order valence-electron chi connectivity index (χ3n) is 3.55. The average Bonchev–Trinajstić information content (AvgIpc) is 2.89. The minimum atomic E-state index is -0.593. The summed E-state index contributed by atoms with van der Waals surface area (Å²) < 4.78 is 1.74. The van der Waals surface area contributed by atoms with Crippen LogP contribution in [0.5, 0.6) is 0 Å². The van der Waals surface area contributed by atoms with Gasteiger partial charge in [0.2, 0.25) is 0 Å². The van der Waals surface area contributed by atoms with Crippen LogP contribution in [0, 0.1) is 5.41 Å². The van der Waals surface area contributed by atoms with Crippen LogP contribution in [0.3, 0.4) is 0 Å². The fourth-order valence-corrected chi connectivity index (χ4v) is 2.47. The van der Waals surface area contributed by atoms with Crippen LogP contribution in [0.25, 0.3) is 10.9 Å². The molecular weight excluding hydrogens is 262 g/mol. The first kappa shape index (κ1) is 13.5. The van der Waals surface area contributed by atoms with Gasteiger partial charge >= 0.3 is 0 Å². The lowest BCUT2D eigenvalue weighted by Gasteiger charge is -2.10. The zero-order chi connectivity index (χ0) is 14.8. The Hall–Kier alpha value is -2.46. The maximum absolute atomic E-state index is 10.3. The quantitative estimate of drug-likeness (QED) is 0.721. The fourth-order valence-electron chi connectivity index (χ4n) is 2.47. The van der Waals surface area contributed by atoms with E-state index in [-0.39, 0.29) is 0 Å². The Morgan fingerprint density at radius 2 is 1.95 bits per heavy atom. The van der Waals surface area contributed by atoms with Crippen LogP contribution in [0.4, 0.5) is 0 Å². The van der Waals surface area contributed by atoms with Crippen LogP contribution in [-0.4, -0.2) is 20.6 Å². The van der Waals surface area contributed by atoms with E-state index in [0.29, 0.717) is 12.3 Å². The number of benzene rings is 2. The predicted octanol–water partition coefficient (Wildman–Crippen LogP) is 3.16. The smallest absolute Gasteiger partial charge is 0.0985 e. The Morgan fingerprint density at radius 1 is 1.19 bits per heavy atom. The third kappa shape index (κ3) is 2.71. The molecule has 0 aliphatic heterocycles. The molecule has 3 aromatic rings. The third-order valence-corrected chi connectivity index (χ3v) is 3.55. The largest absolute Gasteiger partial charge is 0.386 e. The Labute approximate surface area is 123 Å². The van der Waals surface area contributed by atoms with Crippen molar-refractivity contribution in [2.24, 2.45) is 0 Å². The maximum atomic E-state index is 10.3. The summed E-state index contributed by atoms with van der Waals surface area (Å²) in [6.45, 7) is 2.17. The van der Waals surface area contributed by atoms with E-state index in [2.05, 4.69) is 5.10 Å². The lowest BCUT2D eigenvalue weighted by molar-refractivity contribution is 0.152. The van der Waals surface area contributed by atoms with Crippen molar-refractivity contribution >= 4 is 16.6 Å². The number of aliphatic hydroxyl groups is 1. The van der Waals surface area contributed by atoms with E-state index in [4.69, 9.17) is 5.41 Å². The molecule has 2 aromatic carbocycles. The Balaban J connectivity index is 1.92. The molecule has 4 nitrogen and oxygen atoms in total. The molecule has 0 saturated heterocycles. The van der Waals surface area contributed by atoms with Crippen molar-refractivity contribution in [3.8, 4) is 0 Å². The van der Waals surface area contributed by atoms with Crippen molar-refractivity contribution < 1.29 is 5.11 Å². The molecule has 0 spiro atoms. The van der Waals surface area contributed by atoms with Crippen molar-refractivity contribution in [3.05, 3.63) is 65.9 Å². The van der Waals surface area contributed by atoms with Gasteiger partial charge in [-0.15, -0.1) is 0 Å². The minimum absolute atomic E-state index is 0.398. The van der Waals surface area contributed by atoms with E-state index in [1.54, 1.807) is 11.6 Å². The molecule has 21 heavy (non-hydrogen) atoms. The normalized spacial score (nSPS) is 12.5. The molecular formula is C17H17N3O. The molecule has 0 bridgehead atoms. The monoisotopic (exact) mass is 279 g/mol. The molecule has 1 unspecified atom stereocenters. The predicted molar refractivity (Wildman–Crippen MR) is 83.6 cm³/mol. The van der Waals surface area contributed by atoms with Crippen molar-refractivity contribution in [1.82, 2.24) is 9.78 Å². The maximum Gasteiger partial charge on any atom is 0.0985 e. The van der Waals surface area contributed by atoms with E-state index < -0.39 is 6.10 Å². The van der Waals surface area contributed by atoms with Crippen molar-refractivity contribution in [1.29, 1.82) is 5.41 Å². The molecule has 1 heterocycles. The molecule has 0 fully saturated rings. The number of aromatic nitrogens is 2. The average molecular weight is 279 g/mol. The molecule has 1 aromatic heterocycles. The van der Waals surface area contributed by atoms with Gasteiger partial charge in [-0.1, -0.05) is 42.5 Å². The summed E-state index contributed by atoms with van der Waals surface area (Å²) in [7, 11) is 0. The molecule has 0 radical (unpaired) electrons. The summed E-state index contributed by atoms with van der Waals surface area (Å²) in [6.07, 6.45) is 1.31. The highest BCUT2D eigenvalue weighted by Gasteiger charge is 2.11. The SMILES string of the molecule is CC(=N)c1cccc2nn(CC(O)c3ccccc3)cc12. The lowest BCUT2D eigenvalue weighted by Crippen LogP contribution is -2.08. The number of hydrogen-bond acceptors (Lipinski definition) is 3. The van der Waals surface area contributed by atoms with Crippen LogP contribution in [0.2, 0.25) is 0 Å². The van der Waals surface area contributed by atoms with E-state index >= 15 is 0 Å². The van der Waals surface area contributed by atoms with E-state index in [1.807, 2.05) is 54.7 Å². The van der Waals surface area contributed by atoms with Gasteiger partial charge in [0.25, 0.3) is 0 Å². The van der Waals surface area contributed by atoms with Gasteiger partial charge in [-0.25, -0.2) is 0 Å². The lowest BCUT2D eigenvalue weighted by atomic mass is 10.1. The summed E-state index contributed by atoms with van der Waals surface area (Å²) in [5.41, 5.74) is 3.12. The second-order valence-corrected chi connectivity index (χ2v) is 5.14. The van der Waals surface area contributed by atoms with Gasteiger partial charge in [-0.3, -0.25) is 4.68 Å². The highest BCUT2D eigenvalue weighted by Crippen LogP contribution is 2.20. The van der Waals surface area contributed by atoms with Gasteiger partial charge in [0.1, 0.15) is 0 Å². The molecule has 106 valence electrons. The first-order chi connectivity index (χ1) is 10.1. The molecule has 0 aliphatic rings. The summed E-state index contributed by atoms with van der Waals surface area (Å²) in [5.74, 6) is 0. The Morgan fingerprint density at radius 3 is 2.67 bits per heavy atom. The van der Waals surface area contributed by atoms with E-state index in [9.17, 15) is 5.11 Å². The summed E-state index contributed by atoms with van der Waals surface area (Å²) in [5, 5.41) is 23.5. The van der Waals surface area contributed by atoms with Gasteiger partial charge in [0.05, 0.1) is 18.2 Å². The van der Waals surface area contributed by atoms with E-state index in [0.717, 1.165) is 22.0 Å². The Kier molecular flexibility index (Phi) is 3.54. The van der Waals surface area contributed by atoms with Crippen molar-refractivity contribution in [3.63, 3.8) is 0 Å². The number of aliphatic hydroxyl groups excluding tert-OH is 1. The van der Waals surface area contributed by atoms with Crippen LogP contribution >= 0.6 is 0 Å². The van der Waals surface area contributed by atoms with Gasteiger partial charge in [0, 0.05) is 22.9 Å². The van der Waals surface area contributed by atoms with Crippen LogP contribution in [0.1, 0.15) is 24.2 Å². The number of nitrogens with zero attached hydrogens (tertiary/aromatic N) is 2. The van der Waals surface area contributed by atoms with Gasteiger partial charge in [-0.05, 0) is 18.6 Å². The van der Waals surface area contributed by atoms with Crippen LogP contribution in [0.15, 0.2) is 54.7 Å². The summed E-state index contributed by atoms with van der Waals surface area (Å²) >= 11 is 0. The number of nitrogens with one attached hydrogen (secondary N) is 1. The number of hydrogen-bond donors (Lipinski definition) is 2. The Bertz CT molecular complexity index is 777. The first-order valence-electron chi connectivity index (χ1n) is 6.90. The van der Waals surface area contributed by atoms with Crippen molar-refractivity contribution in [2.75, 3.05) is 0 Å². The van der Waals surface area contributed by atoms with Crippen LogP contribution < -0.4 is 0 Å². The number of fused-ring (bicyclic) bond motifs is 1. The van der Waals surface area contributed by atoms with Crippen molar-refractivity contribution in [2.45, 2.75) is 19.6 Å². The zero-order valence-corrected chi connectivity index (χ0v) is 11.8. The molecule has 2 N–H and O–H groups in total. The minimum Gasteiger partial charge on any atom is -0.386 e. The second kappa shape index (κ2) is 5.50.